The first-order valence-electron chi connectivity index (χ1n) is 9.70. The second-order valence-corrected chi connectivity index (χ2v) is 7.28. The van der Waals surface area contributed by atoms with Crippen LogP contribution < -0.4 is 9.80 Å². The molecule has 0 radical (unpaired) electrons. The first kappa shape index (κ1) is 17.7. The van der Waals surface area contributed by atoms with Gasteiger partial charge in [0.2, 0.25) is 11.9 Å². The van der Waals surface area contributed by atoms with Gasteiger partial charge in [-0.05, 0) is 38.0 Å². The van der Waals surface area contributed by atoms with E-state index in [-0.39, 0.29) is 11.8 Å². The Balaban J connectivity index is 1.35. The molecule has 2 saturated heterocycles. The molecule has 7 nitrogen and oxygen atoms in total. The molecule has 142 valence electrons. The van der Waals surface area contributed by atoms with Gasteiger partial charge in [-0.1, -0.05) is 6.07 Å². The van der Waals surface area contributed by atoms with Gasteiger partial charge >= 0.3 is 0 Å². The number of anilines is 2. The summed E-state index contributed by atoms with van der Waals surface area (Å²) in [4.78, 5) is 32.8. The van der Waals surface area contributed by atoms with E-state index in [1.807, 2.05) is 42.3 Å². The molecule has 4 rings (SSSR count). The highest BCUT2D eigenvalue weighted by atomic mass is 16.2. The number of carbonyl (C=O) groups is 1. The van der Waals surface area contributed by atoms with Gasteiger partial charge in [-0.2, -0.15) is 0 Å². The summed E-state index contributed by atoms with van der Waals surface area (Å²) in [5, 5.41) is 0. The summed E-state index contributed by atoms with van der Waals surface area (Å²) in [6, 6.07) is 7.86. The van der Waals surface area contributed by atoms with Gasteiger partial charge in [0.25, 0.3) is 0 Å². The number of aryl methyl sites for hydroxylation is 1. The van der Waals surface area contributed by atoms with Crippen LogP contribution in [0.5, 0.6) is 0 Å². The minimum absolute atomic E-state index is 0.0317. The number of hydrogen-bond acceptors (Lipinski definition) is 6. The van der Waals surface area contributed by atoms with Gasteiger partial charge in [-0.25, -0.2) is 15.0 Å². The second-order valence-electron chi connectivity index (χ2n) is 7.28. The Morgan fingerprint density at radius 1 is 1.00 bits per heavy atom. The van der Waals surface area contributed by atoms with Gasteiger partial charge in [0, 0.05) is 57.4 Å². The zero-order valence-electron chi connectivity index (χ0n) is 15.8. The van der Waals surface area contributed by atoms with E-state index in [1.165, 1.54) is 0 Å². The lowest BCUT2D eigenvalue weighted by Crippen LogP contribution is -2.53. The molecular formula is C20H26N6O. The summed E-state index contributed by atoms with van der Waals surface area (Å²) in [6.07, 6.45) is 5.56. The monoisotopic (exact) mass is 366 g/mol. The van der Waals surface area contributed by atoms with Gasteiger partial charge in [-0.15, -0.1) is 0 Å². The average Bonchev–Trinajstić information content (AvgIpc) is 2.74. The minimum atomic E-state index is 0.0317. The number of carbonyl (C=O) groups excluding carboxylic acids is 1. The molecule has 4 heterocycles. The molecular weight excluding hydrogens is 340 g/mol. The quantitative estimate of drug-likeness (QED) is 0.825. The molecule has 2 aromatic heterocycles. The van der Waals surface area contributed by atoms with Crippen molar-refractivity contribution in [1.82, 2.24) is 19.9 Å². The van der Waals surface area contributed by atoms with Crippen LogP contribution in [0.3, 0.4) is 0 Å². The molecule has 2 fully saturated rings. The van der Waals surface area contributed by atoms with E-state index in [2.05, 4.69) is 24.8 Å². The molecule has 1 amide bonds. The third-order valence-corrected chi connectivity index (χ3v) is 5.40. The number of piperidine rings is 1. The van der Waals surface area contributed by atoms with Gasteiger partial charge in [-0.3, -0.25) is 4.79 Å². The van der Waals surface area contributed by atoms with Crippen LogP contribution in [0.2, 0.25) is 0 Å². The first-order chi connectivity index (χ1) is 13.2. The maximum absolute atomic E-state index is 13.1. The van der Waals surface area contributed by atoms with Gasteiger partial charge in [0.1, 0.15) is 5.82 Å². The van der Waals surface area contributed by atoms with E-state index in [9.17, 15) is 4.79 Å². The zero-order valence-corrected chi connectivity index (χ0v) is 15.8. The zero-order chi connectivity index (χ0) is 18.6. The summed E-state index contributed by atoms with van der Waals surface area (Å²) in [7, 11) is 0. The smallest absolute Gasteiger partial charge is 0.227 e. The van der Waals surface area contributed by atoms with E-state index in [4.69, 9.17) is 0 Å². The van der Waals surface area contributed by atoms with Crippen molar-refractivity contribution in [3.63, 3.8) is 0 Å². The second kappa shape index (κ2) is 7.90. The number of nitrogens with zero attached hydrogens (tertiary/aromatic N) is 6. The molecule has 0 aromatic carbocycles. The van der Waals surface area contributed by atoms with E-state index in [1.54, 1.807) is 6.20 Å². The highest BCUT2D eigenvalue weighted by molar-refractivity contribution is 5.80. The standard InChI is InChI=1S/C20H26N6O/c1-16-7-9-22-20(23-16)26-10-4-5-17(15-26)19(27)25-13-11-24(12-14-25)18-6-2-3-8-21-18/h2-3,6-9,17H,4-5,10-15H2,1H3. The maximum Gasteiger partial charge on any atom is 0.227 e. The Hall–Kier alpha value is -2.70. The molecule has 7 heteroatoms. The molecule has 27 heavy (non-hydrogen) atoms. The fourth-order valence-electron chi connectivity index (χ4n) is 3.90. The fraction of sp³-hybridized carbons (Fsp3) is 0.500. The van der Waals surface area contributed by atoms with E-state index in [0.29, 0.717) is 6.54 Å². The molecule has 0 spiro atoms. The number of aromatic nitrogens is 3. The Labute approximate surface area is 160 Å². The first-order valence-corrected chi connectivity index (χ1v) is 9.70. The number of pyridine rings is 1. The van der Waals surface area contributed by atoms with Crippen LogP contribution in [-0.2, 0) is 4.79 Å². The predicted octanol–water partition coefficient (Wildman–Crippen LogP) is 1.75. The van der Waals surface area contributed by atoms with Crippen molar-refractivity contribution in [2.45, 2.75) is 19.8 Å². The predicted molar refractivity (Wildman–Crippen MR) is 105 cm³/mol. The van der Waals surface area contributed by atoms with E-state index in [0.717, 1.165) is 63.0 Å². The van der Waals surface area contributed by atoms with E-state index >= 15 is 0 Å². The molecule has 2 aliphatic rings. The molecule has 0 aliphatic carbocycles. The molecule has 2 aromatic rings. The van der Waals surface area contributed by atoms with Crippen molar-refractivity contribution < 1.29 is 4.79 Å². The topological polar surface area (TPSA) is 65.5 Å². The molecule has 1 atom stereocenters. The van der Waals surface area contributed by atoms with Crippen LogP contribution in [0.4, 0.5) is 11.8 Å². The van der Waals surface area contributed by atoms with Gasteiger partial charge in [0.15, 0.2) is 0 Å². The lowest BCUT2D eigenvalue weighted by atomic mass is 9.96. The Kier molecular flexibility index (Phi) is 5.18. The summed E-state index contributed by atoms with van der Waals surface area (Å²) in [6.45, 7) is 6.78. The maximum atomic E-state index is 13.1. The number of piperazine rings is 1. The SMILES string of the molecule is Cc1ccnc(N2CCCC(C(=O)N3CCN(c4ccccn4)CC3)C2)n1. The molecule has 0 N–H and O–H groups in total. The van der Waals surface area contributed by atoms with Gasteiger partial charge in [0.05, 0.1) is 5.92 Å². The largest absolute Gasteiger partial charge is 0.353 e. The number of amides is 1. The van der Waals surface area contributed by atoms with Crippen molar-refractivity contribution in [1.29, 1.82) is 0 Å². The molecule has 0 bridgehead atoms. The Bertz CT molecular complexity index is 775. The van der Waals surface area contributed by atoms with Crippen LogP contribution in [-0.4, -0.2) is 65.0 Å². The molecule has 2 aliphatic heterocycles. The number of hydrogen-bond donors (Lipinski definition) is 0. The fourth-order valence-corrected chi connectivity index (χ4v) is 3.90. The third kappa shape index (κ3) is 4.02. The van der Waals surface area contributed by atoms with E-state index < -0.39 is 0 Å². The highest BCUT2D eigenvalue weighted by Crippen LogP contribution is 2.23. The van der Waals surface area contributed by atoms with Crippen molar-refractivity contribution in [3.05, 3.63) is 42.4 Å². The van der Waals surface area contributed by atoms with Crippen molar-refractivity contribution in [2.24, 2.45) is 5.92 Å². The van der Waals surface area contributed by atoms with Gasteiger partial charge < -0.3 is 14.7 Å². The molecule has 0 saturated carbocycles. The van der Waals surface area contributed by atoms with Crippen molar-refractivity contribution >= 4 is 17.7 Å². The molecule has 1 unspecified atom stereocenters. The third-order valence-electron chi connectivity index (χ3n) is 5.40. The minimum Gasteiger partial charge on any atom is -0.353 e. The summed E-state index contributed by atoms with van der Waals surface area (Å²) >= 11 is 0. The Morgan fingerprint density at radius 3 is 2.59 bits per heavy atom. The van der Waals surface area contributed by atoms with Crippen LogP contribution >= 0.6 is 0 Å². The highest BCUT2D eigenvalue weighted by Gasteiger charge is 2.32. The normalized spacial score (nSPS) is 20.6. The van der Waals surface area contributed by atoms with Crippen LogP contribution in [0.1, 0.15) is 18.5 Å². The van der Waals surface area contributed by atoms with Crippen LogP contribution in [0.15, 0.2) is 36.7 Å². The summed E-state index contributed by atoms with van der Waals surface area (Å²) < 4.78 is 0. The summed E-state index contributed by atoms with van der Waals surface area (Å²) in [5.41, 5.74) is 0.957. The Morgan fingerprint density at radius 2 is 1.85 bits per heavy atom. The lowest BCUT2D eigenvalue weighted by molar-refractivity contribution is -0.136. The van der Waals surface area contributed by atoms with Crippen molar-refractivity contribution in [2.75, 3.05) is 49.1 Å². The summed E-state index contributed by atoms with van der Waals surface area (Å²) in [5.74, 6) is 2.04. The number of rotatable bonds is 3. The van der Waals surface area contributed by atoms with Crippen LogP contribution in [0, 0.1) is 12.8 Å². The average molecular weight is 366 g/mol. The van der Waals surface area contributed by atoms with Crippen LogP contribution in [0.25, 0.3) is 0 Å². The lowest BCUT2D eigenvalue weighted by Gasteiger charge is -2.39. The van der Waals surface area contributed by atoms with Crippen molar-refractivity contribution in [3.8, 4) is 0 Å².